The molecule has 6 atom stereocenters. The first-order valence-corrected chi connectivity index (χ1v) is 22.8. The van der Waals surface area contributed by atoms with Crippen LogP contribution in [0.25, 0.3) is 11.3 Å². The highest BCUT2D eigenvalue weighted by Gasteiger charge is 2.48. The van der Waals surface area contributed by atoms with Crippen molar-refractivity contribution in [3.63, 3.8) is 0 Å². The van der Waals surface area contributed by atoms with Crippen molar-refractivity contribution >= 4 is 46.5 Å². The number of nitrogens with two attached hydrogens (primary N) is 1. The zero-order valence-corrected chi connectivity index (χ0v) is 39.3. The van der Waals surface area contributed by atoms with E-state index >= 15 is 0 Å². The van der Waals surface area contributed by atoms with E-state index in [2.05, 4.69) is 50.5 Å². The summed E-state index contributed by atoms with van der Waals surface area (Å²) in [5.74, 6) is 0.118. The number of rotatable bonds is 20. The van der Waals surface area contributed by atoms with Crippen LogP contribution in [0, 0.1) is 31.6 Å². The molecule has 4 rings (SSSR count). The second kappa shape index (κ2) is 21.9. The van der Waals surface area contributed by atoms with Crippen molar-refractivity contribution in [2.45, 2.75) is 151 Å². The normalized spacial score (nSPS) is 21.3. The number of benzene rings is 1. The number of carbonyl (C=O) groups excluding carboxylic acids is 4. The number of amides is 3. The average Bonchev–Trinajstić information content (AvgIpc) is 3.66. The average molecular weight is 863 g/mol. The number of allylic oxidation sites excluding steroid dienone is 5. The number of methoxy groups -OCH3 is 1. The highest BCUT2D eigenvalue weighted by molar-refractivity contribution is 7.10. The molecule has 1 saturated heterocycles. The minimum absolute atomic E-state index is 0.0380. The van der Waals surface area contributed by atoms with E-state index in [9.17, 15) is 19.2 Å². The predicted molar refractivity (Wildman–Crippen MR) is 242 cm³/mol. The van der Waals surface area contributed by atoms with Gasteiger partial charge in [0, 0.05) is 22.4 Å². The summed E-state index contributed by atoms with van der Waals surface area (Å²) >= 11 is 1.59. The molecule has 2 aliphatic rings. The molecule has 1 saturated carbocycles. The van der Waals surface area contributed by atoms with Crippen LogP contribution in [-0.2, 0) is 28.6 Å². The van der Waals surface area contributed by atoms with Crippen LogP contribution in [-0.4, -0.2) is 77.8 Å². The van der Waals surface area contributed by atoms with Crippen LogP contribution in [0.15, 0.2) is 41.3 Å². The Morgan fingerprint density at radius 3 is 2.41 bits per heavy atom. The van der Waals surface area contributed by atoms with Crippen molar-refractivity contribution in [2.75, 3.05) is 20.3 Å². The maximum atomic E-state index is 14.6. The molecule has 0 radical (unpaired) electrons. The Hall–Kier alpha value is -4.65. The van der Waals surface area contributed by atoms with E-state index in [0.717, 1.165) is 76.4 Å². The summed E-state index contributed by atoms with van der Waals surface area (Å²) < 4.78 is 23.4. The molecular weight excluding hydrogens is 793 g/mol. The van der Waals surface area contributed by atoms with Gasteiger partial charge in [-0.1, -0.05) is 58.3 Å². The van der Waals surface area contributed by atoms with Crippen molar-refractivity contribution in [3.05, 3.63) is 68.7 Å². The zero-order valence-electron chi connectivity index (χ0n) is 38.5. The molecule has 2 aromatic rings. The first-order chi connectivity index (χ1) is 28.8. The third kappa shape index (κ3) is 13.2. The third-order valence-electron chi connectivity index (χ3n) is 11.6. The van der Waals surface area contributed by atoms with E-state index in [1.54, 1.807) is 39.2 Å². The second-order valence-corrected chi connectivity index (χ2v) is 18.6. The Balaban J connectivity index is 1.61. The monoisotopic (exact) mass is 862 g/mol. The Kier molecular flexibility index (Phi) is 17.6. The summed E-state index contributed by atoms with van der Waals surface area (Å²) in [6.45, 7) is 21.9. The molecule has 1 aromatic heterocycles. The summed E-state index contributed by atoms with van der Waals surface area (Å²) in [6.07, 6.45) is 10.0. The summed E-state index contributed by atoms with van der Waals surface area (Å²) in [5, 5.41) is 5.80. The number of nitrogens with one attached hydrogen (secondary N) is 1. The van der Waals surface area contributed by atoms with Crippen molar-refractivity contribution in [3.8, 4) is 5.75 Å². The molecule has 0 bridgehead atoms. The number of carbonyl (C=O) groups is 4. The van der Waals surface area contributed by atoms with Crippen LogP contribution in [0.3, 0.4) is 0 Å². The Morgan fingerprint density at radius 1 is 1.08 bits per heavy atom. The largest absolute Gasteiger partial charge is 0.496 e. The molecule has 1 aromatic carbocycles. The highest BCUT2D eigenvalue weighted by Crippen LogP contribution is 2.41. The number of likely N-dealkylation sites (tertiary alicyclic amines) is 1. The SMILES string of the molecule is CCOC(=O)C1CC1C=CCCCCCC(NC(=O)OC(C)(C)C)C(=O)N1CC(OC(=CC(=C(C)CC)c2nc(C(C)C)cs2)c2ccc(OC)c(C)c2C)C(C)C1C(N)=O. The van der Waals surface area contributed by atoms with Gasteiger partial charge in [-0.25, -0.2) is 9.78 Å². The molecule has 3 amide bonds. The molecule has 61 heavy (non-hydrogen) atoms. The Bertz CT molecular complexity index is 1960. The smallest absolute Gasteiger partial charge is 0.408 e. The van der Waals surface area contributed by atoms with Crippen molar-refractivity contribution < 1.29 is 38.1 Å². The summed E-state index contributed by atoms with van der Waals surface area (Å²) in [6, 6.07) is 1.96. The van der Waals surface area contributed by atoms with Gasteiger partial charge in [-0.15, -0.1) is 11.3 Å². The molecule has 2 heterocycles. The van der Waals surface area contributed by atoms with Crippen LogP contribution in [0.5, 0.6) is 5.75 Å². The fourth-order valence-electron chi connectivity index (χ4n) is 7.64. The van der Waals surface area contributed by atoms with Gasteiger partial charge in [0.25, 0.3) is 0 Å². The first-order valence-electron chi connectivity index (χ1n) is 21.9. The number of esters is 1. The number of unbranched alkanes of at least 4 members (excludes halogenated alkanes) is 3. The van der Waals surface area contributed by atoms with Gasteiger partial charge in [-0.05, 0) is 122 Å². The number of ether oxygens (including phenoxy) is 4. The third-order valence-corrected chi connectivity index (χ3v) is 12.5. The maximum Gasteiger partial charge on any atom is 0.408 e. The molecule has 12 nitrogen and oxygen atoms in total. The van der Waals surface area contributed by atoms with Gasteiger partial charge in [-0.3, -0.25) is 14.4 Å². The fourth-order valence-corrected chi connectivity index (χ4v) is 8.72. The number of hydrogen-bond acceptors (Lipinski definition) is 10. The highest BCUT2D eigenvalue weighted by atomic mass is 32.1. The lowest BCUT2D eigenvalue weighted by Gasteiger charge is -2.29. The topological polar surface area (TPSA) is 159 Å². The number of primary amides is 1. The maximum absolute atomic E-state index is 14.6. The molecular formula is C48H70N4O8S. The number of thiazole rings is 1. The fraction of sp³-hybridized carbons (Fsp3) is 0.604. The lowest BCUT2D eigenvalue weighted by Crippen LogP contribution is -2.54. The van der Waals surface area contributed by atoms with Crippen molar-refractivity contribution in [1.82, 2.24) is 15.2 Å². The number of alkyl carbamates (subject to hydrolysis) is 1. The minimum atomic E-state index is -0.980. The van der Waals surface area contributed by atoms with E-state index < -0.39 is 47.6 Å². The molecule has 6 unspecified atom stereocenters. The van der Waals surface area contributed by atoms with Gasteiger partial charge >= 0.3 is 12.1 Å². The molecule has 0 spiro atoms. The molecule has 336 valence electrons. The Morgan fingerprint density at radius 2 is 1.80 bits per heavy atom. The van der Waals surface area contributed by atoms with Crippen LogP contribution >= 0.6 is 11.3 Å². The van der Waals surface area contributed by atoms with Crippen molar-refractivity contribution in [2.24, 2.45) is 23.5 Å². The van der Waals surface area contributed by atoms with Gasteiger partial charge in [0.05, 0.1) is 31.9 Å². The number of nitrogens with zero attached hydrogens (tertiary/aromatic N) is 2. The van der Waals surface area contributed by atoms with Crippen LogP contribution in [0.2, 0.25) is 0 Å². The van der Waals surface area contributed by atoms with E-state index in [-0.39, 0.29) is 30.3 Å². The number of aromatic nitrogens is 1. The van der Waals surface area contributed by atoms with E-state index in [1.807, 2.05) is 45.9 Å². The van der Waals surface area contributed by atoms with Crippen molar-refractivity contribution in [1.29, 1.82) is 0 Å². The summed E-state index contributed by atoms with van der Waals surface area (Å²) in [7, 11) is 1.65. The molecule has 3 N–H and O–H groups in total. The molecule has 1 aliphatic carbocycles. The quantitative estimate of drug-likeness (QED) is 0.0435. The number of hydrogen-bond donors (Lipinski definition) is 2. The van der Waals surface area contributed by atoms with E-state index in [0.29, 0.717) is 25.2 Å². The zero-order chi connectivity index (χ0) is 45.2. The van der Waals surface area contributed by atoms with Gasteiger partial charge in [-0.2, -0.15) is 0 Å². The summed E-state index contributed by atoms with van der Waals surface area (Å²) in [4.78, 5) is 59.5. The van der Waals surface area contributed by atoms with Gasteiger partial charge in [0.15, 0.2) is 0 Å². The molecule has 2 fully saturated rings. The first kappa shape index (κ1) is 49.0. The summed E-state index contributed by atoms with van der Waals surface area (Å²) in [5.41, 5.74) is 11.2. The lowest BCUT2D eigenvalue weighted by molar-refractivity contribution is -0.144. The van der Waals surface area contributed by atoms with Crippen LogP contribution in [0.1, 0.15) is 141 Å². The van der Waals surface area contributed by atoms with Crippen LogP contribution < -0.4 is 15.8 Å². The van der Waals surface area contributed by atoms with Crippen LogP contribution in [0.4, 0.5) is 4.79 Å². The van der Waals surface area contributed by atoms with E-state index in [4.69, 9.17) is 29.7 Å². The molecule has 1 aliphatic heterocycles. The standard InChI is InChI=1S/C48H70N4O8S/c1-13-29(5)35(44-50-38(27-61-44)28(3)4)25-40(34-22-23-39(57-12)31(7)30(34)6)59-41-26-52(42(32(41)8)43(49)53)45(54)37(51-47(56)60-48(9,10)11)21-19-17-15-16-18-20-33-24-36(33)46(55)58-14-2/h18,20,22-23,25,27-28,32-33,36-37,41-42H,13-17,19,21,24,26H2,1-12H3,(H2,49,53)(H,51,56). The lowest BCUT2D eigenvalue weighted by atomic mass is 9.97. The minimum Gasteiger partial charge on any atom is -0.496 e. The van der Waals surface area contributed by atoms with E-state index in [1.165, 1.54) is 4.90 Å². The predicted octanol–water partition coefficient (Wildman–Crippen LogP) is 9.43. The Labute approximate surface area is 367 Å². The molecule has 13 heteroatoms. The van der Waals surface area contributed by atoms with Gasteiger partial charge in [0.1, 0.15) is 40.3 Å². The van der Waals surface area contributed by atoms with Gasteiger partial charge in [0.2, 0.25) is 11.8 Å². The van der Waals surface area contributed by atoms with Gasteiger partial charge < -0.3 is 34.9 Å². The second-order valence-electron chi connectivity index (χ2n) is 17.7.